The van der Waals surface area contributed by atoms with Crippen LogP contribution in [0.3, 0.4) is 0 Å². The molecule has 9 aromatic rings. The van der Waals surface area contributed by atoms with Gasteiger partial charge in [0.15, 0.2) is 29.0 Å². The van der Waals surface area contributed by atoms with E-state index >= 15 is 0 Å². The standard InChI is InChI=1S/2C17H13F4N5O3.C14H8F4N4O2.3C7H13NO/c2*1-25(2)16(28)29-10-5-3-4-9(18)13(10)26-11(17(19,20)21)6-8-12(15(26)27)23-7-24-14(8)22;15-7-2-1-3-8(23)11(7)22-9(14(16,17)18)4-6-10(13(22)24)20-5-21-12(6)19;3*1-4-7(9)8(5-2)6-3/h2*3-7H,1-2H3,(H2,22,23,24);1-5,23H,(H2,19,20,21);3*4H,1,5-6H2,2-3H3. The number of ether oxygens (including phenoxy) is 2. The third-order valence-corrected chi connectivity index (χ3v) is 14.8. The van der Waals surface area contributed by atoms with Crippen molar-refractivity contribution in [2.24, 2.45) is 0 Å². The van der Waals surface area contributed by atoms with Crippen LogP contribution in [-0.4, -0.2) is 171 Å². The maximum atomic E-state index is 14.6. The van der Waals surface area contributed by atoms with Crippen molar-refractivity contribution in [1.82, 2.24) is 68.1 Å². The topological polar surface area (TPSA) is 362 Å². The van der Waals surface area contributed by atoms with Crippen LogP contribution in [0, 0.1) is 17.5 Å². The van der Waals surface area contributed by atoms with E-state index in [1.54, 1.807) is 14.7 Å². The molecule has 0 radical (unpaired) electrons. The van der Waals surface area contributed by atoms with Gasteiger partial charge in [0.25, 0.3) is 16.7 Å². The Bertz CT molecular complexity index is 4750. The summed E-state index contributed by atoms with van der Waals surface area (Å²) in [6, 6.07) is 10.5. The number of alkyl halides is 9. The van der Waals surface area contributed by atoms with Crippen molar-refractivity contribution in [3.8, 4) is 34.3 Å². The Kier molecular flexibility index (Phi) is 31.1. The van der Waals surface area contributed by atoms with Crippen LogP contribution >= 0.6 is 0 Å². The molecule has 6 aromatic heterocycles. The van der Waals surface area contributed by atoms with Gasteiger partial charge in [-0.25, -0.2) is 52.7 Å². The fraction of sp³-hybridized carbons (Fsp3) is 0.275. The van der Waals surface area contributed by atoms with Crippen LogP contribution < -0.4 is 43.4 Å². The number of amides is 5. The molecule has 109 heavy (non-hydrogen) atoms. The molecule has 9 rings (SSSR count). The average molecular weight is 1540 g/mol. The van der Waals surface area contributed by atoms with Crippen LogP contribution in [0.15, 0.2) is 144 Å². The zero-order chi connectivity index (χ0) is 82.5. The van der Waals surface area contributed by atoms with Crippen molar-refractivity contribution in [3.63, 3.8) is 0 Å². The minimum Gasteiger partial charge on any atom is -0.506 e. The van der Waals surface area contributed by atoms with Crippen molar-refractivity contribution >= 4 is 80.1 Å². The van der Waals surface area contributed by atoms with Gasteiger partial charge in [0.1, 0.15) is 92.9 Å². The Morgan fingerprint density at radius 1 is 0.440 bits per heavy atom. The number of nitrogen functional groups attached to an aromatic ring is 3. The Hall–Kier alpha value is -12.9. The van der Waals surface area contributed by atoms with Gasteiger partial charge in [0, 0.05) is 67.5 Å². The summed E-state index contributed by atoms with van der Waals surface area (Å²) in [6.45, 7) is 26.4. The zero-order valence-corrected chi connectivity index (χ0v) is 59.8. The molecule has 6 heterocycles. The summed E-state index contributed by atoms with van der Waals surface area (Å²) >= 11 is 0. The molecule has 0 saturated carbocycles. The summed E-state index contributed by atoms with van der Waals surface area (Å²) in [7, 11) is 5.29. The van der Waals surface area contributed by atoms with Gasteiger partial charge in [-0.1, -0.05) is 37.9 Å². The first kappa shape index (κ1) is 88.5. The summed E-state index contributed by atoms with van der Waals surface area (Å²) in [5.74, 6) is -6.63. The van der Waals surface area contributed by atoms with E-state index in [0.717, 1.165) is 123 Å². The smallest absolute Gasteiger partial charge is 0.431 e. The Labute approximate surface area is 611 Å². The summed E-state index contributed by atoms with van der Waals surface area (Å²) < 4.78 is 176. The first-order valence-corrected chi connectivity index (χ1v) is 31.8. The molecular formula is C69H73F12N17O11. The minimum absolute atomic E-state index is 0.0139. The highest BCUT2D eigenvalue weighted by Gasteiger charge is 2.41. The monoisotopic (exact) mass is 1540 g/mol. The maximum absolute atomic E-state index is 14.6. The van der Waals surface area contributed by atoms with Gasteiger partial charge in [-0.3, -0.25) is 42.5 Å². The van der Waals surface area contributed by atoms with Crippen LogP contribution in [0.1, 0.15) is 58.6 Å². The number of benzene rings is 3. The molecule has 0 aliphatic heterocycles. The second-order valence-electron chi connectivity index (χ2n) is 22.0. The number of aromatic nitrogens is 9. The van der Waals surface area contributed by atoms with Crippen molar-refractivity contribution in [3.05, 3.63) is 195 Å². The van der Waals surface area contributed by atoms with E-state index in [9.17, 15) is 96.1 Å². The Balaban J connectivity index is 0.000000296. The highest BCUT2D eigenvalue weighted by molar-refractivity contribution is 5.91. The van der Waals surface area contributed by atoms with E-state index in [1.165, 1.54) is 46.4 Å². The number of anilines is 3. The fourth-order valence-corrected chi connectivity index (χ4v) is 9.39. The van der Waals surface area contributed by atoms with E-state index < -0.39 is 133 Å². The molecule has 0 saturated heterocycles. The number of para-hydroxylation sites is 3. The first-order valence-electron chi connectivity index (χ1n) is 31.8. The normalized spacial score (nSPS) is 10.9. The van der Waals surface area contributed by atoms with Gasteiger partial charge in [-0.15, -0.1) is 0 Å². The molecular weight excluding hydrogens is 1470 g/mol. The summed E-state index contributed by atoms with van der Waals surface area (Å²) in [6.07, 6.45) is -10.4. The molecule has 40 heteroatoms. The lowest BCUT2D eigenvalue weighted by Gasteiger charge is -2.20. The molecule has 7 N–H and O–H groups in total. The lowest BCUT2D eigenvalue weighted by Crippen LogP contribution is -2.30. The second-order valence-corrected chi connectivity index (χ2v) is 22.0. The third kappa shape index (κ3) is 21.6. The van der Waals surface area contributed by atoms with Crippen LogP contribution in [0.5, 0.6) is 17.2 Å². The zero-order valence-electron chi connectivity index (χ0n) is 59.8. The third-order valence-electron chi connectivity index (χ3n) is 14.8. The molecule has 0 atom stereocenters. The molecule has 0 bridgehead atoms. The van der Waals surface area contributed by atoms with E-state index in [0.29, 0.717) is 18.2 Å². The van der Waals surface area contributed by atoms with Gasteiger partial charge >= 0.3 is 30.7 Å². The summed E-state index contributed by atoms with van der Waals surface area (Å²) in [4.78, 5) is 123. The number of hydrogen-bond acceptors (Lipinski definition) is 20. The van der Waals surface area contributed by atoms with Gasteiger partial charge in [0.2, 0.25) is 17.7 Å². The van der Waals surface area contributed by atoms with Gasteiger partial charge in [0.05, 0.1) is 16.2 Å². The molecule has 5 amide bonds. The number of pyridine rings is 3. The number of fused-ring (bicyclic) bond motifs is 3. The SMILES string of the molecule is C=CC(=O)N(CC)CC.C=CC(=O)N(CC)CC.C=CC(=O)N(CC)CC.CN(C)C(=O)Oc1cccc(F)c1-n1c(C(F)(F)F)cc2c(N)ncnc2c1=O.CN(C)C(=O)Oc1cccc(F)c1-n1c(C(F)(F)F)cc2c(N)ncnc2c1=O.Nc1ncnc2c(=O)n(-c3c(O)cccc3F)c(C(F)(F)F)cc12. The van der Waals surface area contributed by atoms with E-state index in [1.807, 2.05) is 41.5 Å². The first-order chi connectivity index (χ1) is 51.0. The van der Waals surface area contributed by atoms with Crippen molar-refractivity contribution in [1.29, 1.82) is 0 Å². The molecule has 0 aliphatic rings. The summed E-state index contributed by atoms with van der Waals surface area (Å²) in [5.41, 5.74) is 4.09. The van der Waals surface area contributed by atoms with Gasteiger partial charge in [-0.05, 0) is 114 Å². The number of carbonyl (C=O) groups excluding carboxylic acids is 5. The van der Waals surface area contributed by atoms with E-state index in [4.69, 9.17) is 26.7 Å². The quantitative estimate of drug-likeness (QED) is 0.0580. The molecule has 584 valence electrons. The highest BCUT2D eigenvalue weighted by atomic mass is 19.4. The number of likely N-dealkylation sites (N-methyl/N-ethyl adjacent to an activating group) is 3. The van der Waals surface area contributed by atoms with Crippen LogP contribution in [0.25, 0.3) is 49.8 Å². The van der Waals surface area contributed by atoms with Crippen molar-refractivity contribution < 1.29 is 91.2 Å². The summed E-state index contributed by atoms with van der Waals surface area (Å²) in [5, 5.41) is 8.76. The number of hydrogen-bond donors (Lipinski definition) is 4. The number of rotatable bonds is 14. The van der Waals surface area contributed by atoms with Crippen LogP contribution in [0.2, 0.25) is 0 Å². The lowest BCUT2D eigenvalue weighted by molar-refractivity contribution is -0.143. The maximum Gasteiger partial charge on any atom is 0.431 e. The van der Waals surface area contributed by atoms with Crippen LogP contribution in [0.4, 0.5) is 79.7 Å². The molecule has 0 fully saturated rings. The number of phenolic OH excluding ortho intramolecular Hbond substituents is 1. The number of phenols is 1. The van der Waals surface area contributed by atoms with E-state index in [2.05, 4.69) is 49.6 Å². The van der Waals surface area contributed by atoms with Gasteiger partial charge in [-0.2, -0.15) is 39.5 Å². The van der Waals surface area contributed by atoms with E-state index in [-0.39, 0.29) is 65.0 Å². The molecule has 28 nitrogen and oxygen atoms in total. The predicted molar refractivity (Wildman–Crippen MR) is 379 cm³/mol. The number of carbonyl (C=O) groups is 5. The highest BCUT2D eigenvalue weighted by Crippen LogP contribution is 2.39. The average Bonchev–Trinajstić information content (AvgIpc) is 0.770. The largest absolute Gasteiger partial charge is 0.506 e. The molecule has 0 aliphatic carbocycles. The predicted octanol–water partition coefficient (Wildman–Crippen LogP) is 10.5. The van der Waals surface area contributed by atoms with Crippen LogP contribution in [-0.2, 0) is 32.9 Å². The van der Waals surface area contributed by atoms with Crippen molar-refractivity contribution in [2.45, 2.75) is 60.1 Å². The van der Waals surface area contributed by atoms with Gasteiger partial charge < -0.3 is 56.3 Å². The second kappa shape index (κ2) is 38.4. The number of nitrogens with two attached hydrogens (primary N) is 3. The Morgan fingerprint density at radius 2 is 0.688 bits per heavy atom. The number of halogens is 12. The number of aromatic hydroxyl groups is 1. The fourth-order valence-electron chi connectivity index (χ4n) is 9.39. The molecule has 0 spiro atoms. The Morgan fingerprint density at radius 3 is 0.908 bits per heavy atom. The lowest BCUT2D eigenvalue weighted by atomic mass is 10.2. The molecule has 3 aromatic carbocycles. The molecule has 0 unspecified atom stereocenters. The number of nitrogens with zero attached hydrogens (tertiary/aromatic N) is 14. The minimum atomic E-state index is -5.08. The van der Waals surface area contributed by atoms with Crippen molar-refractivity contribution in [2.75, 3.05) is 84.7 Å².